The van der Waals surface area contributed by atoms with Crippen LogP contribution in [0.3, 0.4) is 0 Å². The Morgan fingerprint density at radius 3 is 2.44 bits per heavy atom. The molecular weight excluding hydrogens is 402 g/mol. The summed E-state index contributed by atoms with van der Waals surface area (Å²) in [6, 6.07) is 23.2. The molecule has 3 aromatic carbocycles. The Morgan fingerprint density at radius 1 is 1.03 bits per heavy atom. The van der Waals surface area contributed by atoms with Gasteiger partial charge in [0, 0.05) is 11.1 Å². The highest BCUT2D eigenvalue weighted by atomic mass is 16.7. The minimum atomic E-state index is -0.488. The smallest absolute Gasteiger partial charge is 0.368 e. The van der Waals surface area contributed by atoms with Gasteiger partial charge in [0.2, 0.25) is 0 Å². The fraction of sp³-hybridized carbons (Fsp3) is 0.111. The predicted octanol–water partition coefficient (Wildman–Crippen LogP) is 5.35. The molecule has 0 radical (unpaired) electrons. The summed E-state index contributed by atoms with van der Waals surface area (Å²) in [4.78, 5) is 17.3. The van der Waals surface area contributed by atoms with Gasteiger partial charge in [0.15, 0.2) is 11.5 Å². The van der Waals surface area contributed by atoms with E-state index in [9.17, 15) is 4.79 Å². The average molecular weight is 425 g/mol. The van der Waals surface area contributed by atoms with Crippen molar-refractivity contribution in [2.24, 2.45) is 5.16 Å². The maximum Gasteiger partial charge on any atom is 0.368 e. The molecule has 3 aromatic rings. The molecule has 0 bridgehead atoms. The Balaban J connectivity index is 1.70. The first-order valence-electron chi connectivity index (χ1n) is 10.2. The van der Waals surface area contributed by atoms with Crippen LogP contribution in [-0.2, 0) is 22.7 Å². The Kier molecular flexibility index (Phi) is 6.46. The summed E-state index contributed by atoms with van der Waals surface area (Å²) in [6.07, 6.45) is 4.15. The molecule has 5 nitrogen and oxygen atoms in total. The van der Waals surface area contributed by atoms with Crippen molar-refractivity contribution in [3.8, 4) is 11.5 Å². The number of hydrogen-bond acceptors (Lipinski definition) is 5. The fourth-order valence-corrected chi connectivity index (χ4v) is 3.50. The highest BCUT2D eigenvalue weighted by Gasteiger charge is 2.27. The lowest BCUT2D eigenvalue weighted by Gasteiger charge is -2.16. The number of oxime groups is 1. The van der Waals surface area contributed by atoms with Gasteiger partial charge in [0.1, 0.15) is 12.3 Å². The van der Waals surface area contributed by atoms with E-state index in [0.717, 1.165) is 22.3 Å². The van der Waals surface area contributed by atoms with Crippen LogP contribution in [0.5, 0.6) is 11.5 Å². The van der Waals surface area contributed by atoms with Crippen molar-refractivity contribution >= 4 is 17.8 Å². The van der Waals surface area contributed by atoms with Crippen molar-refractivity contribution in [1.29, 1.82) is 0 Å². The molecule has 1 aliphatic heterocycles. The number of nitrogens with zero attached hydrogens (tertiary/aromatic N) is 1. The number of rotatable bonds is 8. The van der Waals surface area contributed by atoms with E-state index in [1.54, 1.807) is 13.2 Å². The van der Waals surface area contributed by atoms with Crippen LogP contribution in [0.1, 0.15) is 22.3 Å². The zero-order chi connectivity index (χ0) is 22.3. The van der Waals surface area contributed by atoms with Crippen molar-refractivity contribution in [2.45, 2.75) is 13.0 Å². The molecule has 0 unspecified atom stereocenters. The number of ether oxygens (including phenoxy) is 2. The van der Waals surface area contributed by atoms with Gasteiger partial charge in [0.05, 0.1) is 12.7 Å². The molecular formula is C27H23NO4. The normalized spacial score (nSPS) is 14.1. The predicted molar refractivity (Wildman–Crippen MR) is 125 cm³/mol. The third-order valence-electron chi connectivity index (χ3n) is 5.02. The van der Waals surface area contributed by atoms with Crippen LogP contribution < -0.4 is 9.47 Å². The van der Waals surface area contributed by atoms with Crippen LogP contribution in [0.2, 0.25) is 0 Å². The Bertz CT molecular complexity index is 1180. The van der Waals surface area contributed by atoms with Gasteiger partial charge in [-0.2, -0.15) is 0 Å². The Labute approximate surface area is 187 Å². The standard InChI is InChI=1S/C27H23NO4/c1-3-10-22-15-20(16-23-25(28-32-27(23)29)21-13-8-5-9-14-21)17-24(30-2)26(22)31-18-19-11-6-4-7-12-19/h3-9,11-17H,1,10,18H2,2H3/b23-16-. The van der Waals surface area contributed by atoms with E-state index in [2.05, 4.69) is 11.7 Å². The first kappa shape index (κ1) is 21.1. The van der Waals surface area contributed by atoms with Crippen LogP contribution in [0.15, 0.2) is 96.2 Å². The summed E-state index contributed by atoms with van der Waals surface area (Å²) < 4.78 is 11.8. The Morgan fingerprint density at radius 2 is 1.75 bits per heavy atom. The van der Waals surface area contributed by atoms with Crippen molar-refractivity contribution in [3.63, 3.8) is 0 Å². The van der Waals surface area contributed by atoms with Gasteiger partial charge in [-0.15, -0.1) is 6.58 Å². The Hall–Kier alpha value is -4.12. The lowest BCUT2D eigenvalue weighted by Crippen LogP contribution is -2.07. The van der Waals surface area contributed by atoms with Crippen LogP contribution in [-0.4, -0.2) is 18.8 Å². The minimum absolute atomic E-state index is 0.390. The zero-order valence-electron chi connectivity index (χ0n) is 17.8. The molecule has 0 saturated heterocycles. The molecule has 0 atom stereocenters. The van der Waals surface area contributed by atoms with Gasteiger partial charge in [-0.3, -0.25) is 0 Å². The maximum absolute atomic E-state index is 12.4. The highest BCUT2D eigenvalue weighted by Crippen LogP contribution is 2.35. The third-order valence-corrected chi connectivity index (χ3v) is 5.02. The SMILES string of the molecule is C=CCc1cc(/C=C2\C(=O)ON=C2c2ccccc2)cc(OC)c1OCc1ccccc1. The third kappa shape index (κ3) is 4.62. The summed E-state index contributed by atoms with van der Waals surface area (Å²) in [5.41, 5.74) is 4.45. The van der Waals surface area contributed by atoms with E-state index in [-0.39, 0.29) is 0 Å². The van der Waals surface area contributed by atoms with Crippen LogP contribution in [0, 0.1) is 0 Å². The summed E-state index contributed by atoms with van der Waals surface area (Å²) in [5.74, 6) is 0.749. The molecule has 160 valence electrons. The lowest BCUT2D eigenvalue weighted by molar-refractivity contribution is -0.136. The number of allylic oxidation sites excluding steroid dienone is 1. The molecule has 0 saturated carbocycles. The number of methoxy groups -OCH3 is 1. The molecule has 0 aliphatic carbocycles. The van der Waals surface area contributed by atoms with Crippen LogP contribution >= 0.6 is 0 Å². The number of benzene rings is 3. The number of carbonyl (C=O) groups is 1. The van der Waals surface area contributed by atoms with E-state index >= 15 is 0 Å². The quantitative estimate of drug-likeness (QED) is 0.277. The van der Waals surface area contributed by atoms with Crippen molar-refractivity contribution in [3.05, 3.63) is 113 Å². The summed E-state index contributed by atoms with van der Waals surface area (Å²) in [7, 11) is 1.60. The van der Waals surface area contributed by atoms with Gasteiger partial charge in [-0.05, 0) is 35.8 Å². The monoisotopic (exact) mass is 425 g/mol. The van der Waals surface area contributed by atoms with E-state index < -0.39 is 5.97 Å². The fourth-order valence-electron chi connectivity index (χ4n) is 3.50. The molecule has 5 heteroatoms. The van der Waals surface area contributed by atoms with E-state index in [1.807, 2.05) is 78.9 Å². The topological polar surface area (TPSA) is 57.1 Å². The van der Waals surface area contributed by atoms with Crippen LogP contribution in [0.4, 0.5) is 0 Å². The first-order valence-corrected chi connectivity index (χ1v) is 10.2. The number of hydrogen-bond donors (Lipinski definition) is 0. The van der Waals surface area contributed by atoms with Crippen molar-refractivity contribution in [2.75, 3.05) is 7.11 Å². The second-order valence-electron chi connectivity index (χ2n) is 7.22. The van der Waals surface area contributed by atoms with Gasteiger partial charge in [-0.25, -0.2) is 4.79 Å². The van der Waals surface area contributed by atoms with E-state index in [0.29, 0.717) is 35.8 Å². The highest BCUT2D eigenvalue weighted by molar-refractivity contribution is 6.31. The second kappa shape index (κ2) is 9.79. The van der Waals surface area contributed by atoms with Gasteiger partial charge in [-0.1, -0.05) is 71.9 Å². The lowest BCUT2D eigenvalue weighted by atomic mass is 9.99. The molecule has 0 spiro atoms. The minimum Gasteiger partial charge on any atom is -0.493 e. The summed E-state index contributed by atoms with van der Waals surface area (Å²) in [6.45, 7) is 4.28. The van der Waals surface area contributed by atoms with Crippen molar-refractivity contribution < 1.29 is 19.1 Å². The average Bonchev–Trinajstić information content (AvgIpc) is 3.19. The molecule has 32 heavy (non-hydrogen) atoms. The molecule has 0 aromatic heterocycles. The number of carbonyl (C=O) groups excluding carboxylic acids is 1. The van der Waals surface area contributed by atoms with Gasteiger partial charge >= 0.3 is 5.97 Å². The van der Waals surface area contributed by atoms with E-state index in [1.165, 1.54) is 0 Å². The van der Waals surface area contributed by atoms with E-state index in [4.69, 9.17) is 14.3 Å². The second-order valence-corrected chi connectivity index (χ2v) is 7.22. The zero-order valence-corrected chi connectivity index (χ0v) is 17.8. The molecule has 0 fully saturated rings. The summed E-state index contributed by atoms with van der Waals surface area (Å²) >= 11 is 0. The molecule has 4 rings (SSSR count). The molecule has 0 N–H and O–H groups in total. The molecule has 1 aliphatic rings. The largest absolute Gasteiger partial charge is 0.493 e. The molecule has 1 heterocycles. The van der Waals surface area contributed by atoms with Gasteiger partial charge in [0.25, 0.3) is 0 Å². The van der Waals surface area contributed by atoms with Gasteiger partial charge < -0.3 is 14.3 Å². The molecule has 0 amide bonds. The first-order chi connectivity index (χ1) is 15.7. The van der Waals surface area contributed by atoms with Crippen molar-refractivity contribution in [1.82, 2.24) is 0 Å². The summed E-state index contributed by atoms with van der Waals surface area (Å²) in [5, 5.41) is 3.97. The maximum atomic E-state index is 12.4. The van der Waals surface area contributed by atoms with Crippen LogP contribution in [0.25, 0.3) is 6.08 Å².